The van der Waals surface area contributed by atoms with E-state index < -0.39 is 0 Å². The van der Waals surface area contributed by atoms with Crippen molar-refractivity contribution in [2.45, 2.75) is 26.3 Å². The van der Waals surface area contributed by atoms with Gasteiger partial charge in [-0.1, -0.05) is 12.1 Å². The fourth-order valence-corrected chi connectivity index (χ4v) is 2.88. The maximum atomic E-state index is 12.3. The smallest absolute Gasteiger partial charge is 0.289 e. The Morgan fingerprint density at radius 3 is 2.79 bits per heavy atom. The van der Waals surface area contributed by atoms with Crippen LogP contribution in [0.4, 0.5) is 5.69 Å². The van der Waals surface area contributed by atoms with Gasteiger partial charge in [0.25, 0.3) is 5.91 Å². The van der Waals surface area contributed by atoms with Crippen LogP contribution in [0.2, 0.25) is 0 Å². The summed E-state index contributed by atoms with van der Waals surface area (Å²) >= 11 is 0. The number of nitrogens with one attached hydrogen (secondary N) is 1. The molecule has 1 N–H and O–H groups in total. The summed E-state index contributed by atoms with van der Waals surface area (Å²) in [6.45, 7) is 3.79. The van der Waals surface area contributed by atoms with Crippen LogP contribution in [0, 0.1) is 13.8 Å². The van der Waals surface area contributed by atoms with Crippen molar-refractivity contribution >= 4 is 17.5 Å². The number of oxazole rings is 1. The van der Waals surface area contributed by atoms with Crippen LogP contribution in [0.5, 0.6) is 5.75 Å². The van der Waals surface area contributed by atoms with Crippen LogP contribution in [-0.4, -0.2) is 36.5 Å². The lowest BCUT2D eigenvalue weighted by atomic mass is 10.2. The van der Waals surface area contributed by atoms with Gasteiger partial charge in [0.1, 0.15) is 5.75 Å². The monoisotopic (exact) mass is 329 g/mol. The minimum absolute atomic E-state index is 0.0599. The van der Waals surface area contributed by atoms with Crippen LogP contribution < -0.4 is 15.0 Å². The molecule has 0 saturated carbocycles. The molecular formula is C17H19N3O4. The van der Waals surface area contributed by atoms with Crippen molar-refractivity contribution in [3.05, 3.63) is 41.6 Å². The number of methoxy groups -OCH3 is 1. The maximum absolute atomic E-state index is 12.3. The summed E-state index contributed by atoms with van der Waals surface area (Å²) in [5.41, 5.74) is 1.24. The Morgan fingerprint density at radius 1 is 1.38 bits per heavy atom. The molecular weight excluding hydrogens is 310 g/mol. The molecule has 1 saturated heterocycles. The lowest BCUT2D eigenvalue weighted by molar-refractivity contribution is -0.117. The lowest BCUT2D eigenvalue weighted by Gasteiger charge is -2.19. The van der Waals surface area contributed by atoms with Gasteiger partial charge in [0.15, 0.2) is 5.89 Å². The van der Waals surface area contributed by atoms with Gasteiger partial charge in [-0.3, -0.25) is 9.59 Å². The summed E-state index contributed by atoms with van der Waals surface area (Å²) in [7, 11) is 1.56. The highest BCUT2D eigenvalue weighted by atomic mass is 16.5. The first kappa shape index (κ1) is 16.0. The number of ether oxygens (including phenoxy) is 1. The van der Waals surface area contributed by atoms with E-state index in [9.17, 15) is 9.59 Å². The predicted molar refractivity (Wildman–Crippen MR) is 87.2 cm³/mol. The molecule has 2 amide bonds. The molecule has 1 fully saturated rings. The third-order valence-corrected chi connectivity index (χ3v) is 3.95. The zero-order valence-electron chi connectivity index (χ0n) is 13.8. The van der Waals surface area contributed by atoms with Crippen LogP contribution in [0.1, 0.15) is 28.6 Å². The zero-order chi connectivity index (χ0) is 17.3. The first-order valence-corrected chi connectivity index (χ1v) is 7.68. The van der Waals surface area contributed by atoms with Crippen LogP contribution >= 0.6 is 0 Å². The normalized spacial score (nSPS) is 17.2. The summed E-state index contributed by atoms with van der Waals surface area (Å²) in [4.78, 5) is 30.3. The van der Waals surface area contributed by atoms with Gasteiger partial charge in [0.2, 0.25) is 11.7 Å². The molecule has 2 heterocycles. The number of aryl methyl sites for hydroxylation is 2. The fourth-order valence-electron chi connectivity index (χ4n) is 2.88. The molecule has 1 aromatic carbocycles. The molecule has 0 bridgehead atoms. The van der Waals surface area contributed by atoms with E-state index >= 15 is 0 Å². The molecule has 7 heteroatoms. The average molecular weight is 329 g/mol. The number of para-hydroxylation sites is 2. The second-order valence-electron chi connectivity index (χ2n) is 5.70. The van der Waals surface area contributed by atoms with Crippen molar-refractivity contribution in [2.75, 3.05) is 18.6 Å². The molecule has 3 rings (SSSR count). The van der Waals surface area contributed by atoms with E-state index in [0.29, 0.717) is 29.6 Å². The van der Waals surface area contributed by atoms with E-state index in [4.69, 9.17) is 9.15 Å². The third-order valence-electron chi connectivity index (χ3n) is 3.95. The Labute approximate surface area is 139 Å². The van der Waals surface area contributed by atoms with E-state index in [2.05, 4.69) is 10.3 Å². The van der Waals surface area contributed by atoms with Crippen LogP contribution in [0.15, 0.2) is 28.7 Å². The SMILES string of the molecule is COc1ccccc1N1C[C@H](NC(=O)c2oc(C)nc2C)CC1=O. The Balaban J connectivity index is 1.73. The summed E-state index contributed by atoms with van der Waals surface area (Å²) in [6, 6.07) is 7.02. The number of benzene rings is 1. The minimum Gasteiger partial charge on any atom is -0.495 e. The second-order valence-corrected chi connectivity index (χ2v) is 5.70. The van der Waals surface area contributed by atoms with Gasteiger partial charge >= 0.3 is 0 Å². The van der Waals surface area contributed by atoms with E-state index in [1.807, 2.05) is 18.2 Å². The fraction of sp³-hybridized carbons (Fsp3) is 0.353. The molecule has 0 spiro atoms. The van der Waals surface area contributed by atoms with Gasteiger partial charge in [-0.2, -0.15) is 0 Å². The summed E-state index contributed by atoms with van der Waals surface area (Å²) in [5, 5.41) is 2.84. The minimum atomic E-state index is -0.354. The Morgan fingerprint density at radius 2 is 2.12 bits per heavy atom. The molecule has 24 heavy (non-hydrogen) atoms. The Kier molecular flexibility index (Phi) is 4.24. The molecule has 7 nitrogen and oxygen atoms in total. The van der Waals surface area contributed by atoms with E-state index in [1.54, 1.807) is 31.9 Å². The quantitative estimate of drug-likeness (QED) is 0.925. The third kappa shape index (κ3) is 2.97. The van der Waals surface area contributed by atoms with Gasteiger partial charge in [-0.05, 0) is 19.1 Å². The molecule has 2 aromatic rings. The molecule has 0 aliphatic carbocycles. The lowest BCUT2D eigenvalue weighted by Crippen LogP contribution is -2.37. The second kappa shape index (κ2) is 6.35. The van der Waals surface area contributed by atoms with Crippen molar-refractivity contribution < 1.29 is 18.7 Å². The largest absolute Gasteiger partial charge is 0.495 e. The maximum Gasteiger partial charge on any atom is 0.289 e. The van der Waals surface area contributed by atoms with Crippen LogP contribution in [0.3, 0.4) is 0 Å². The topological polar surface area (TPSA) is 84.7 Å². The summed E-state index contributed by atoms with van der Waals surface area (Å²) < 4.78 is 10.6. The first-order valence-electron chi connectivity index (χ1n) is 7.68. The van der Waals surface area contributed by atoms with Gasteiger partial charge in [0.05, 0.1) is 24.5 Å². The summed E-state index contributed by atoms with van der Waals surface area (Å²) in [5.74, 6) is 0.842. The van der Waals surface area contributed by atoms with E-state index in [-0.39, 0.29) is 30.0 Å². The molecule has 0 unspecified atom stereocenters. The molecule has 126 valence electrons. The number of aromatic nitrogens is 1. The molecule has 0 radical (unpaired) electrons. The number of hydrogen-bond donors (Lipinski definition) is 1. The molecule has 1 aliphatic rings. The summed E-state index contributed by atoms with van der Waals surface area (Å²) in [6.07, 6.45) is 0.232. The number of anilines is 1. The number of amides is 2. The van der Waals surface area contributed by atoms with Gasteiger partial charge in [-0.15, -0.1) is 0 Å². The standard InChI is InChI=1S/C17H19N3O4/c1-10-16(24-11(2)18-10)17(22)19-12-8-15(21)20(9-12)13-6-4-5-7-14(13)23-3/h4-7,12H,8-9H2,1-3H3,(H,19,22)/t12-/m1/s1. The van der Waals surface area contributed by atoms with Crippen molar-refractivity contribution in [3.8, 4) is 5.75 Å². The Bertz CT molecular complexity index is 784. The van der Waals surface area contributed by atoms with Crippen molar-refractivity contribution in [1.29, 1.82) is 0 Å². The highest BCUT2D eigenvalue weighted by Crippen LogP contribution is 2.31. The molecule has 1 aromatic heterocycles. The number of hydrogen-bond acceptors (Lipinski definition) is 5. The van der Waals surface area contributed by atoms with Crippen LogP contribution in [0.25, 0.3) is 0 Å². The van der Waals surface area contributed by atoms with E-state index in [0.717, 1.165) is 0 Å². The predicted octanol–water partition coefficient (Wildman–Crippen LogP) is 1.84. The number of carbonyl (C=O) groups is 2. The first-order chi connectivity index (χ1) is 11.5. The van der Waals surface area contributed by atoms with E-state index in [1.165, 1.54) is 0 Å². The average Bonchev–Trinajstić information content (AvgIpc) is 3.08. The number of rotatable bonds is 4. The van der Waals surface area contributed by atoms with Gasteiger partial charge < -0.3 is 19.4 Å². The number of carbonyl (C=O) groups excluding carboxylic acids is 2. The van der Waals surface area contributed by atoms with Gasteiger partial charge in [0, 0.05) is 19.9 Å². The van der Waals surface area contributed by atoms with Crippen molar-refractivity contribution in [1.82, 2.24) is 10.3 Å². The van der Waals surface area contributed by atoms with Crippen molar-refractivity contribution in [2.24, 2.45) is 0 Å². The zero-order valence-corrected chi connectivity index (χ0v) is 13.8. The van der Waals surface area contributed by atoms with Gasteiger partial charge in [-0.25, -0.2) is 4.98 Å². The highest BCUT2D eigenvalue weighted by molar-refractivity contribution is 5.99. The van der Waals surface area contributed by atoms with Crippen LogP contribution in [-0.2, 0) is 4.79 Å². The van der Waals surface area contributed by atoms with Crippen molar-refractivity contribution in [3.63, 3.8) is 0 Å². The number of nitrogens with zero attached hydrogens (tertiary/aromatic N) is 2. The molecule has 1 atom stereocenters. The highest BCUT2D eigenvalue weighted by Gasteiger charge is 2.33. The Hall–Kier alpha value is -2.83. The molecule has 1 aliphatic heterocycles.